The van der Waals surface area contributed by atoms with Crippen LogP contribution in [0.25, 0.3) is 0 Å². The topological polar surface area (TPSA) is 40.5 Å². The van der Waals surface area contributed by atoms with Crippen LogP contribution in [0.2, 0.25) is 5.02 Å². The minimum Gasteiger partial charge on any atom is -0.384 e. The Kier molecular flexibility index (Phi) is 3.43. The second-order valence-electron chi connectivity index (χ2n) is 5.09. The fourth-order valence-corrected chi connectivity index (χ4v) is 2.83. The first-order chi connectivity index (χ1) is 9.97. The lowest BCUT2D eigenvalue weighted by atomic mass is 9.98. The molecule has 0 bridgehead atoms. The summed E-state index contributed by atoms with van der Waals surface area (Å²) >= 11 is 5.98. The molecule has 1 unspecified atom stereocenters. The van der Waals surface area contributed by atoms with E-state index < -0.39 is 11.9 Å². The van der Waals surface area contributed by atoms with Crippen LogP contribution in [0, 0.1) is 5.82 Å². The molecule has 0 aromatic heterocycles. The molecule has 1 amide bonds. The quantitative estimate of drug-likeness (QED) is 0.926. The maximum absolute atomic E-state index is 13.1. The normalized spacial score (nSPS) is 15.2. The zero-order chi connectivity index (χ0) is 15.1. The van der Waals surface area contributed by atoms with Crippen LogP contribution in [0.1, 0.15) is 22.8 Å². The van der Waals surface area contributed by atoms with Crippen LogP contribution in [-0.2, 0) is 11.2 Å². The Balaban J connectivity index is 1.98. The van der Waals surface area contributed by atoms with Gasteiger partial charge in [-0.05, 0) is 29.3 Å². The molecule has 1 aliphatic heterocycles. The van der Waals surface area contributed by atoms with E-state index in [-0.39, 0.29) is 10.9 Å². The van der Waals surface area contributed by atoms with Crippen LogP contribution in [0.4, 0.5) is 10.1 Å². The zero-order valence-corrected chi connectivity index (χ0v) is 12.1. The molecule has 1 N–H and O–H groups in total. The number of aliphatic hydroxyl groups is 1. The van der Waals surface area contributed by atoms with E-state index in [2.05, 4.69) is 0 Å². The molecule has 3 rings (SSSR count). The van der Waals surface area contributed by atoms with Crippen molar-refractivity contribution in [3.05, 3.63) is 63.9 Å². The average molecular weight is 306 g/mol. The van der Waals surface area contributed by atoms with Gasteiger partial charge in [-0.25, -0.2) is 4.39 Å². The van der Waals surface area contributed by atoms with Crippen molar-refractivity contribution in [2.45, 2.75) is 12.5 Å². The number of benzene rings is 2. The van der Waals surface area contributed by atoms with Crippen LogP contribution in [0.15, 0.2) is 36.4 Å². The molecule has 0 spiro atoms. The van der Waals surface area contributed by atoms with Crippen molar-refractivity contribution < 1.29 is 14.3 Å². The van der Waals surface area contributed by atoms with E-state index >= 15 is 0 Å². The van der Waals surface area contributed by atoms with Crippen molar-refractivity contribution in [1.29, 1.82) is 0 Å². The average Bonchev–Trinajstić information content (AvgIpc) is 2.73. The number of likely N-dealkylation sites (N-methyl/N-ethyl adjacent to an activating group) is 1. The molecule has 1 atom stereocenters. The predicted octanol–water partition coefficient (Wildman–Crippen LogP) is 3.08. The van der Waals surface area contributed by atoms with E-state index in [1.807, 2.05) is 0 Å². The number of hydrogen-bond donors (Lipinski definition) is 1. The van der Waals surface area contributed by atoms with Gasteiger partial charge in [0, 0.05) is 23.3 Å². The number of carbonyl (C=O) groups excluding carboxylic acids is 1. The summed E-state index contributed by atoms with van der Waals surface area (Å²) in [5.41, 5.74) is 2.79. The third-order valence-corrected chi connectivity index (χ3v) is 4.08. The Hall–Kier alpha value is -1.91. The molecule has 3 nitrogen and oxygen atoms in total. The second-order valence-corrected chi connectivity index (χ2v) is 5.49. The summed E-state index contributed by atoms with van der Waals surface area (Å²) in [6, 6.07) is 9.24. The fourth-order valence-electron chi connectivity index (χ4n) is 2.56. The van der Waals surface area contributed by atoms with Crippen LogP contribution < -0.4 is 4.90 Å². The summed E-state index contributed by atoms with van der Waals surface area (Å²) in [5.74, 6) is -0.423. The summed E-state index contributed by atoms with van der Waals surface area (Å²) in [4.78, 5) is 13.3. The molecular formula is C16H13ClFNO2. The maximum Gasteiger partial charge on any atom is 0.231 e. The standard InChI is InChI=1S/C16H13ClFNO2/c1-19-14-5-2-9(6-10(14)7-15(19)20)16(21)12-4-3-11(18)8-13(12)17/h2-6,8,16,21H,7H2,1H3. The molecule has 0 saturated heterocycles. The van der Waals surface area contributed by atoms with E-state index in [1.54, 1.807) is 30.1 Å². The highest BCUT2D eigenvalue weighted by Gasteiger charge is 2.25. The van der Waals surface area contributed by atoms with E-state index in [4.69, 9.17) is 11.6 Å². The van der Waals surface area contributed by atoms with Gasteiger partial charge in [-0.15, -0.1) is 0 Å². The molecule has 0 radical (unpaired) electrons. The highest BCUT2D eigenvalue weighted by Crippen LogP contribution is 2.34. The number of halogens is 2. The van der Waals surface area contributed by atoms with Gasteiger partial charge in [0.25, 0.3) is 0 Å². The van der Waals surface area contributed by atoms with Gasteiger partial charge >= 0.3 is 0 Å². The van der Waals surface area contributed by atoms with Gasteiger partial charge in [-0.3, -0.25) is 4.79 Å². The molecule has 108 valence electrons. The minimum absolute atomic E-state index is 0.0245. The molecule has 2 aromatic carbocycles. The summed E-state index contributed by atoms with van der Waals surface area (Å²) in [7, 11) is 1.72. The van der Waals surface area contributed by atoms with Gasteiger partial charge in [-0.2, -0.15) is 0 Å². The summed E-state index contributed by atoms with van der Waals surface area (Å²) in [6.07, 6.45) is -0.631. The van der Waals surface area contributed by atoms with Crippen molar-refractivity contribution >= 4 is 23.2 Å². The smallest absolute Gasteiger partial charge is 0.231 e. The molecule has 2 aromatic rings. The molecule has 0 aliphatic carbocycles. The molecule has 5 heteroatoms. The Morgan fingerprint density at radius 3 is 2.76 bits per heavy atom. The molecule has 0 fully saturated rings. The van der Waals surface area contributed by atoms with Gasteiger partial charge in [-0.1, -0.05) is 29.8 Å². The number of rotatable bonds is 2. The van der Waals surface area contributed by atoms with E-state index in [0.717, 1.165) is 11.3 Å². The van der Waals surface area contributed by atoms with Crippen LogP contribution in [0.3, 0.4) is 0 Å². The third kappa shape index (κ3) is 2.41. The molecule has 21 heavy (non-hydrogen) atoms. The van der Waals surface area contributed by atoms with Crippen molar-refractivity contribution in [3.63, 3.8) is 0 Å². The number of nitrogens with zero attached hydrogens (tertiary/aromatic N) is 1. The van der Waals surface area contributed by atoms with Gasteiger partial charge in [0.2, 0.25) is 5.91 Å². The third-order valence-electron chi connectivity index (χ3n) is 3.75. The maximum atomic E-state index is 13.1. The van der Waals surface area contributed by atoms with Crippen LogP contribution in [0.5, 0.6) is 0 Å². The number of carbonyl (C=O) groups is 1. The SMILES string of the molecule is CN1C(=O)Cc2cc(C(O)c3ccc(F)cc3Cl)ccc21. The highest BCUT2D eigenvalue weighted by molar-refractivity contribution is 6.31. The van der Waals surface area contributed by atoms with Crippen LogP contribution in [-0.4, -0.2) is 18.1 Å². The fraction of sp³-hybridized carbons (Fsp3) is 0.188. The Morgan fingerprint density at radius 1 is 1.29 bits per heavy atom. The second kappa shape index (κ2) is 5.13. The molecule has 0 saturated carbocycles. The summed E-state index contributed by atoms with van der Waals surface area (Å²) in [6.45, 7) is 0. The predicted molar refractivity (Wildman–Crippen MR) is 79.0 cm³/mol. The van der Waals surface area contributed by atoms with Crippen LogP contribution >= 0.6 is 11.6 Å². The van der Waals surface area contributed by atoms with Crippen molar-refractivity contribution in [2.24, 2.45) is 0 Å². The first-order valence-electron chi connectivity index (χ1n) is 6.50. The van der Waals surface area contributed by atoms with E-state index in [9.17, 15) is 14.3 Å². The Labute approximate surface area is 126 Å². The lowest BCUT2D eigenvalue weighted by Crippen LogP contribution is -2.20. The lowest BCUT2D eigenvalue weighted by Gasteiger charge is -2.15. The van der Waals surface area contributed by atoms with Crippen molar-refractivity contribution in [3.8, 4) is 0 Å². The van der Waals surface area contributed by atoms with Gasteiger partial charge < -0.3 is 10.0 Å². The minimum atomic E-state index is -0.954. The molecular weight excluding hydrogens is 293 g/mol. The van der Waals surface area contributed by atoms with Crippen molar-refractivity contribution in [1.82, 2.24) is 0 Å². The first kappa shape index (κ1) is 14.0. The first-order valence-corrected chi connectivity index (χ1v) is 6.87. The number of anilines is 1. The zero-order valence-electron chi connectivity index (χ0n) is 11.3. The largest absolute Gasteiger partial charge is 0.384 e. The summed E-state index contributed by atoms with van der Waals surface area (Å²) in [5, 5.41) is 10.6. The van der Waals surface area contributed by atoms with E-state index in [1.165, 1.54) is 18.2 Å². The van der Waals surface area contributed by atoms with Gasteiger partial charge in [0.15, 0.2) is 0 Å². The van der Waals surface area contributed by atoms with Gasteiger partial charge in [0.1, 0.15) is 11.9 Å². The Bertz CT molecular complexity index is 732. The van der Waals surface area contributed by atoms with Crippen molar-refractivity contribution in [2.75, 3.05) is 11.9 Å². The van der Waals surface area contributed by atoms with E-state index in [0.29, 0.717) is 17.5 Å². The molecule has 1 heterocycles. The van der Waals surface area contributed by atoms with Gasteiger partial charge in [0.05, 0.1) is 6.42 Å². The number of fused-ring (bicyclic) bond motifs is 1. The Morgan fingerprint density at radius 2 is 2.05 bits per heavy atom. The number of amides is 1. The summed E-state index contributed by atoms with van der Waals surface area (Å²) < 4.78 is 13.1. The monoisotopic (exact) mass is 305 g/mol. The number of hydrogen-bond acceptors (Lipinski definition) is 2. The highest BCUT2D eigenvalue weighted by atomic mass is 35.5. The number of aliphatic hydroxyl groups excluding tert-OH is 1. The lowest BCUT2D eigenvalue weighted by molar-refractivity contribution is -0.117. The molecule has 1 aliphatic rings.